The van der Waals surface area contributed by atoms with Gasteiger partial charge in [-0.25, -0.2) is 4.39 Å². The molecular weight excluding hydrogens is 338 g/mol. The van der Waals surface area contributed by atoms with Crippen molar-refractivity contribution in [3.8, 4) is 0 Å². The third-order valence-corrected chi connectivity index (χ3v) is 4.09. The second-order valence-electron chi connectivity index (χ2n) is 5.34. The van der Waals surface area contributed by atoms with Crippen molar-refractivity contribution in [2.75, 3.05) is 20.6 Å². The third-order valence-electron chi connectivity index (χ3n) is 3.52. The molecule has 0 aliphatic rings. The van der Waals surface area contributed by atoms with E-state index in [0.717, 1.165) is 5.56 Å². The van der Waals surface area contributed by atoms with Crippen molar-refractivity contribution in [3.05, 3.63) is 69.5 Å². The van der Waals surface area contributed by atoms with Crippen molar-refractivity contribution in [1.29, 1.82) is 0 Å². The molecule has 0 radical (unpaired) electrons. The first kappa shape index (κ1) is 17.7. The molecule has 0 aromatic heterocycles. The van der Waals surface area contributed by atoms with E-state index in [-0.39, 0.29) is 16.6 Å². The Morgan fingerprint density at radius 1 is 1.17 bits per heavy atom. The lowest BCUT2D eigenvalue weighted by molar-refractivity contribution is 0.0938. The number of carbonyl (C=O) groups excluding carboxylic acids is 1. The lowest BCUT2D eigenvalue weighted by atomic mass is 10.1. The Labute approximate surface area is 145 Å². The Morgan fingerprint density at radius 2 is 1.83 bits per heavy atom. The van der Waals surface area contributed by atoms with Crippen LogP contribution in [0.2, 0.25) is 10.0 Å². The van der Waals surface area contributed by atoms with E-state index < -0.39 is 11.7 Å². The SMILES string of the molecule is CN(C)C(CNC(=O)c1c(F)cccc1Cl)c1ccc(Cl)cc1. The number of likely N-dealkylation sites (N-methyl/N-ethyl adjacent to an activating group) is 1. The number of nitrogens with one attached hydrogen (secondary N) is 1. The Kier molecular flexibility index (Phi) is 5.99. The largest absolute Gasteiger partial charge is 0.350 e. The smallest absolute Gasteiger partial charge is 0.255 e. The van der Waals surface area contributed by atoms with Crippen LogP contribution in [-0.2, 0) is 0 Å². The first-order valence-corrected chi connectivity index (χ1v) is 7.80. The Bertz CT molecular complexity index is 669. The zero-order valence-electron chi connectivity index (χ0n) is 12.8. The minimum Gasteiger partial charge on any atom is -0.350 e. The van der Waals surface area contributed by atoms with E-state index in [0.29, 0.717) is 11.6 Å². The molecule has 0 saturated heterocycles. The Morgan fingerprint density at radius 3 is 2.39 bits per heavy atom. The van der Waals surface area contributed by atoms with Crippen molar-refractivity contribution in [1.82, 2.24) is 10.2 Å². The Hall–Kier alpha value is -1.62. The van der Waals surface area contributed by atoms with Crippen LogP contribution in [0.5, 0.6) is 0 Å². The summed E-state index contributed by atoms with van der Waals surface area (Å²) in [6.07, 6.45) is 0. The summed E-state index contributed by atoms with van der Waals surface area (Å²) >= 11 is 11.8. The fourth-order valence-electron chi connectivity index (χ4n) is 2.28. The van der Waals surface area contributed by atoms with Gasteiger partial charge in [0.25, 0.3) is 5.91 Å². The van der Waals surface area contributed by atoms with Gasteiger partial charge in [0.1, 0.15) is 5.82 Å². The summed E-state index contributed by atoms with van der Waals surface area (Å²) in [4.78, 5) is 14.2. The summed E-state index contributed by atoms with van der Waals surface area (Å²) in [5.74, 6) is -1.17. The van der Waals surface area contributed by atoms with Crippen LogP contribution >= 0.6 is 23.2 Å². The van der Waals surface area contributed by atoms with E-state index >= 15 is 0 Å². The van der Waals surface area contributed by atoms with E-state index in [1.807, 2.05) is 31.1 Å². The summed E-state index contributed by atoms with van der Waals surface area (Å²) in [6, 6.07) is 11.5. The number of rotatable bonds is 5. The molecule has 1 amide bonds. The van der Waals surface area contributed by atoms with Crippen molar-refractivity contribution in [2.45, 2.75) is 6.04 Å². The molecule has 0 aliphatic carbocycles. The van der Waals surface area contributed by atoms with Crippen LogP contribution in [0.15, 0.2) is 42.5 Å². The topological polar surface area (TPSA) is 32.3 Å². The summed E-state index contributed by atoms with van der Waals surface area (Å²) in [7, 11) is 3.81. The van der Waals surface area contributed by atoms with Crippen molar-refractivity contribution >= 4 is 29.1 Å². The predicted molar refractivity (Wildman–Crippen MR) is 91.6 cm³/mol. The minimum atomic E-state index is -0.636. The van der Waals surface area contributed by atoms with Gasteiger partial charge < -0.3 is 10.2 Å². The third kappa shape index (κ3) is 4.44. The maximum atomic E-state index is 13.8. The van der Waals surface area contributed by atoms with Gasteiger partial charge in [-0.3, -0.25) is 4.79 Å². The van der Waals surface area contributed by atoms with Gasteiger partial charge in [0, 0.05) is 11.6 Å². The lowest BCUT2D eigenvalue weighted by Crippen LogP contribution is -2.35. The summed E-state index contributed by atoms with van der Waals surface area (Å²) in [5, 5.41) is 3.48. The molecule has 3 nitrogen and oxygen atoms in total. The van der Waals surface area contributed by atoms with Crippen LogP contribution in [0.3, 0.4) is 0 Å². The highest BCUT2D eigenvalue weighted by Gasteiger charge is 2.19. The quantitative estimate of drug-likeness (QED) is 0.873. The minimum absolute atomic E-state index is 0.0678. The molecule has 0 heterocycles. The fourth-order valence-corrected chi connectivity index (χ4v) is 2.65. The number of benzene rings is 2. The van der Waals surface area contributed by atoms with Gasteiger partial charge in [-0.15, -0.1) is 0 Å². The van der Waals surface area contributed by atoms with Crippen LogP contribution in [-0.4, -0.2) is 31.4 Å². The van der Waals surface area contributed by atoms with Gasteiger partial charge in [0.15, 0.2) is 0 Å². The second kappa shape index (κ2) is 7.77. The molecule has 122 valence electrons. The fraction of sp³-hybridized carbons (Fsp3) is 0.235. The summed E-state index contributed by atoms with van der Waals surface area (Å²) in [5.41, 5.74) is 0.863. The molecule has 0 aliphatic heterocycles. The number of halogens is 3. The van der Waals surface area contributed by atoms with Crippen LogP contribution in [0, 0.1) is 5.82 Å². The van der Waals surface area contributed by atoms with Gasteiger partial charge in [0.05, 0.1) is 16.6 Å². The van der Waals surface area contributed by atoms with Gasteiger partial charge in [-0.05, 0) is 43.9 Å². The highest BCUT2D eigenvalue weighted by Crippen LogP contribution is 2.21. The van der Waals surface area contributed by atoms with E-state index in [4.69, 9.17) is 23.2 Å². The number of hydrogen-bond acceptors (Lipinski definition) is 2. The van der Waals surface area contributed by atoms with E-state index in [1.54, 1.807) is 12.1 Å². The molecule has 0 spiro atoms. The molecule has 2 rings (SSSR count). The highest BCUT2D eigenvalue weighted by molar-refractivity contribution is 6.33. The van der Waals surface area contributed by atoms with Crippen molar-refractivity contribution in [3.63, 3.8) is 0 Å². The average Bonchev–Trinajstić information content (AvgIpc) is 2.48. The molecule has 2 aromatic rings. The van der Waals surface area contributed by atoms with Gasteiger partial charge >= 0.3 is 0 Å². The number of nitrogens with zero attached hydrogens (tertiary/aromatic N) is 1. The lowest BCUT2D eigenvalue weighted by Gasteiger charge is -2.25. The van der Waals surface area contributed by atoms with E-state index in [1.165, 1.54) is 18.2 Å². The number of carbonyl (C=O) groups is 1. The molecule has 23 heavy (non-hydrogen) atoms. The van der Waals surface area contributed by atoms with Crippen LogP contribution in [0.25, 0.3) is 0 Å². The van der Waals surface area contributed by atoms with Crippen LogP contribution < -0.4 is 5.32 Å². The van der Waals surface area contributed by atoms with Gasteiger partial charge in [-0.2, -0.15) is 0 Å². The summed E-state index contributed by atoms with van der Waals surface area (Å²) in [6.45, 7) is 0.318. The second-order valence-corrected chi connectivity index (χ2v) is 6.18. The van der Waals surface area contributed by atoms with Gasteiger partial charge in [0.2, 0.25) is 0 Å². The number of hydrogen-bond donors (Lipinski definition) is 1. The molecule has 6 heteroatoms. The maximum absolute atomic E-state index is 13.8. The predicted octanol–water partition coefficient (Wildman–Crippen LogP) is 4.17. The van der Waals surface area contributed by atoms with E-state index in [9.17, 15) is 9.18 Å². The average molecular weight is 355 g/mol. The first-order chi connectivity index (χ1) is 10.9. The molecule has 0 saturated carbocycles. The van der Waals surface area contributed by atoms with Crippen molar-refractivity contribution < 1.29 is 9.18 Å². The summed E-state index contributed by atoms with van der Waals surface area (Å²) < 4.78 is 13.8. The van der Waals surface area contributed by atoms with Gasteiger partial charge in [-0.1, -0.05) is 41.4 Å². The molecule has 2 aromatic carbocycles. The van der Waals surface area contributed by atoms with Crippen molar-refractivity contribution in [2.24, 2.45) is 0 Å². The monoisotopic (exact) mass is 354 g/mol. The first-order valence-electron chi connectivity index (χ1n) is 7.04. The molecular formula is C17H17Cl2FN2O. The zero-order chi connectivity index (χ0) is 17.0. The van der Waals surface area contributed by atoms with Crippen LogP contribution in [0.1, 0.15) is 22.0 Å². The van der Waals surface area contributed by atoms with E-state index in [2.05, 4.69) is 5.32 Å². The molecule has 1 atom stereocenters. The Balaban J connectivity index is 2.13. The maximum Gasteiger partial charge on any atom is 0.255 e. The molecule has 1 unspecified atom stereocenters. The molecule has 0 fully saturated rings. The standard InChI is InChI=1S/C17H17Cl2FN2O/c1-22(2)15(11-6-8-12(18)9-7-11)10-21-17(23)16-13(19)4-3-5-14(16)20/h3-9,15H,10H2,1-2H3,(H,21,23). The number of amides is 1. The zero-order valence-corrected chi connectivity index (χ0v) is 14.3. The molecule has 1 N–H and O–H groups in total. The molecule has 0 bridgehead atoms. The highest BCUT2D eigenvalue weighted by atomic mass is 35.5. The van der Waals surface area contributed by atoms with Crippen LogP contribution in [0.4, 0.5) is 4.39 Å². The normalized spacial score (nSPS) is 12.3.